The maximum absolute atomic E-state index is 12.9. The highest BCUT2D eigenvalue weighted by Crippen LogP contribution is 2.21. The van der Waals surface area contributed by atoms with Crippen LogP contribution in [0, 0.1) is 5.92 Å². The normalized spacial score (nSPS) is 21.9. The second-order valence-corrected chi connectivity index (χ2v) is 7.04. The zero-order valence-corrected chi connectivity index (χ0v) is 15.5. The van der Waals surface area contributed by atoms with Crippen LogP contribution in [0.2, 0.25) is 0 Å². The fourth-order valence-corrected chi connectivity index (χ4v) is 3.71. The average molecular weight is 360 g/mol. The van der Waals surface area contributed by atoms with Crippen molar-refractivity contribution < 1.29 is 14.3 Å². The van der Waals surface area contributed by atoms with Gasteiger partial charge in [0, 0.05) is 71.7 Å². The number of carbonyl (C=O) groups excluding carboxylic acids is 2. The van der Waals surface area contributed by atoms with E-state index < -0.39 is 0 Å². The van der Waals surface area contributed by atoms with Crippen molar-refractivity contribution >= 4 is 11.8 Å². The molecule has 0 bridgehead atoms. The highest BCUT2D eigenvalue weighted by atomic mass is 16.5. The highest BCUT2D eigenvalue weighted by molar-refractivity contribution is 5.89. The molecule has 0 spiro atoms. The van der Waals surface area contributed by atoms with Gasteiger partial charge in [-0.3, -0.25) is 19.5 Å². The predicted molar refractivity (Wildman–Crippen MR) is 97.3 cm³/mol. The molecular weight excluding hydrogens is 332 g/mol. The van der Waals surface area contributed by atoms with Crippen LogP contribution in [0.4, 0.5) is 0 Å². The molecule has 0 saturated carbocycles. The van der Waals surface area contributed by atoms with Gasteiger partial charge in [0.05, 0.1) is 12.5 Å². The molecule has 2 amide bonds. The van der Waals surface area contributed by atoms with Gasteiger partial charge in [-0.25, -0.2) is 0 Å². The number of aromatic nitrogens is 1. The summed E-state index contributed by atoms with van der Waals surface area (Å²) in [4.78, 5) is 35.1. The number of pyridine rings is 1. The molecule has 7 heteroatoms. The lowest BCUT2D eigenvalue weighted by Crippen LogP contribution is -2.40. The van der Waals surface area contributed by atoms with Crippen molar-refractivity contribution in [3.8, 4) is 0 Å². The summed E-state index contributed by atoms with van der Waals surface area (Å²) in [6, 6.07) is 4.07. The second kappa shape index (κ2) is 9.09. The minimum atomic E-state index is -0.203. The summed E-state index contributed by atoms with van der Waals surface area (Å²) in [7, 11) is 1.62. The fourth-order valence-electron chi connectivity index (χ4n) is 3.71. The van der Waals surface area contributed by atoms with Gasteiger partial charge in [-0.15, -0.1) is 0 Å². The smallest absolute Gasteiger partial charge is 0.228 e. The lowest BCUT2D eigenvalue weighted by molar-refractivity contribution is -0.135. The third kappa shape index (κ3) is 4.80. The average Bonchev–Trinajstić information content (AvgIpc) is 2.87. The van der Waals surface area contributed by atoms with Crippen LogP contribution >= 0.6 is 0 Å². The first-order valence-corrected chi connectivity index (χ1v) is 9.34. The maximum Gasteiger partial charge on any atom is 0.228 e. The Morgan fingerprint density at radius 3 is 2.81 bits per heavy atom. The standard InChI is InChI=1S/C19H28N4O3/c1-26-12-11-23-15-17(13-18(23)24)19(25)22-8-2-7-21(9-10-22)14-16-3-5-20-6-4-16/h3-6,17H,2,7-15H2,1H3. The highest BCUT2D eigenvalue weighted by Gasteiger charge is 2.36. The van der Waals surface area contributed by atoms with E-state index in [1.165, 1.54) is 5.56 Å². The van der Waals surface area contributed by atoms with Crippen molar-refractivity contribution in [3.05, 3.63) is 30.1 Å². The first-order chi connectivity index (χ1) is 12.7. The van der Waals surface area contributed by atoms with Crippen LogP contribution in [0.1, 0.15) is 18.4 Å². The molecule has 1 unspecified atom stereocenters. The van der Waals surface area contributed by atoms with E-state index >= 15 is 0 Å². The third-order valence-electron chi connectivity index (χ3n) is 5.18. The molecule has 26 heavy (non-hydrogen) atoms. The van der Waals surface area contributed by atoms with Crippen molar-refractivity contribution in [1.29, 1.82) is 0 Å². The lowest BCUT2D eigenvalue weighted by Gasteiger charge is -2.24. The van der Waals surface area contributed by atoms with Crippen LogP contribution in [0.3, 0.4) is 0 Å². The molecule has 0 radical (unpaired) electrons. The summed E-state index contributed by atoms with van der Waals surface area (Å²) in [5.74, 6) is -0.00957. The topological polar surface area (TPSA) is 66.0 Å². The molecule has 2 fully saturated rings. The van der Waals surface area contributed by atoms with Crippen LogP contribution in [0.25, 0.3) is 0 Å². The van der Waals surface area contributed by atoms with E-state index in [1.807, 2.05) is 29.4 Å². The van der Waals surface area contributed by atoms with Crippen molar-refractivity contribution in [2.75, 3.05) is 53.0 Å². The zero-order valence-electron chi connectivity index (χ0n) is 15.5. The Labute approximate surface area is 154 Å². The van der Waals surface area contributed by atoms with Gasteiger partial charge in [0.15, 0.2) is 0 Å². The summed E-state index contributed by atoms with van der Waals surface area (Å²) < 4.78 is 5.04. The number of rotatable bonds is 6. The molecule has 7 nitrogen and oxygen atoms in total. The summed E-state index contributed by atoms with van der Waals surface area (Å²) in [6.45, 7) is 5.84. The monoisotopic (exact) mass is 360 g/mol. The number of likely N-dealkylation sites (tertiary alicyclic amines) is 1. The van der Waals surface area contributed by atoms with Gasteiger partial charge < -0.3 is 14.5 Å². The van der Waals surface area contributed by atoms with Crippen molar-refractivity contribution in [3.63, 3.8) is 0 Å². The quantitative estimate of drug-likeness (QED) is 0.744. The van der Waals surface area contributed by atoms with E-state index in [-0.39, 0.29) is 17.7 Å². The first-order valence-electron chi connectivity index (χ1n) is 9.34. The van der Waals surface area contributed by atoms with E-state index in [0.717, 1.165) is 39.1 Å². The molecule has 1 aromatic heterocycles. The SMILES string of the molecule is COCCN1CC(C(=O)N2CCCN(Cc3ccncc3)CC2)CC1=O. The van der Waals surface area contributed by atoms with Crippen LogP contribution in [-0.2, 0) is 20.9 Å². The minimum absolute atomic E-state index is 0.0644. The van der Waals surface area contributed by atoms with E-state index in [2.05, 4.69) is 9.88 Å². The lowest BCUT2D eigenvalue weighted by atomic mass is 10.1. The number of nitrogens with zero attached hydrogens (tertiary/aromatic N) is 4. The molecule has 2 aliphatic rings. The summed E-state index contributed by atoms with van der Waals surface area (Å²) in [5, 5.41) is 0. The van der Waals surface area contributed by atoms with Crippen LogP contribution < -0.4 is 0 Å². The van der Waals surface area contributed by atoms with Crippen LogP contribution in [0.5, 0.6) is 0 Å². The molecule has 142 valence electrons. The maximum atomic E-state index is 12.9. The second-order valence-electron chi connectivity index (χ2n) is 7.04. The number of hydrogen-bond donors (Lipinski definition) is 0. The molecule has 1 atom stereocenters. The largest absolute Gasteiger partial charge is 0.383 e. The predicted octanol–water partition coefficient (Wildman–Crippen LogP) is 0.611. The van der Waals surface area contributed by atoms with Crippen molar-refractivity contribution in [1.82, 2.24) is 19.7 Å². The molecule has 1 aromatic rings. The summed E-state index contributed by atoms with van der Waals surface area (Å²) in [6.07, 6.45) is 4.93. The Morgan fingerprint density at radius 1 is 1.23 bits per heavy atom. The number of carbonyl (C=O) groups is 2. The van der Waals surface area contributed by atoms with Crippen molar-refractivity contribution in [2.45, 2.75) is 19.4 Å². The van der Waals surface area contributed by atoms with Crippen molar-refractivity contribution in [2.24, 2.45) is 5.92 Å². The van der Waals surface area contributed by atoms with E-state index in [0.29, 0.717) is 26.1 Å². The van der Waals surface area contributed by atoms with E-state index in [1.54, 1.807) is 12.0 Å². The Balaban J connectivity index is 1.51. The third-order valence-corrected chi connectivity index (χ3v) is 5.18. The molecule has 3 heterocycles. The van der Waals surface area contributed by atoms with Gasteiger partial charge >= 0.3 is 0 Å². The number of amides is 2. The van der Waals surface area contributed by atoms with Gasteiger partial charge in [0.25, 0.3) is 0 Å². The first kappa shape index (κ1) is 18.8. The Kier molecular flexibility index (Phi) is 6.57. The number of hydrogen-bond acceptors (Lipinski definition) is 5. The number of methoxy groups -OCH3 is 1. The van der Waals surface area contributed by atoms with Crippen LogP contribution in [-0.4, -0.2) is 84.5 Å². The number of ether oxygens (including phenoxy) is 1. The molecular formula is C19H28N4O3. The summed E-state index contributed by atoms with van der Waals surface area (Å²) >= 11 is 0. The zero-order chi connectivity index (χ0) is 18.4. The Morgan fingerprint density at radius 2 is 2.04 bits per heavy atom. The van der Waals surface area contributed by atoms with E-state index in [4.69, 9.17) is 4.74 Å². The van der Waals surface area contributed by atoms with Gasteiger partial charge in [-0.1, -0.05) is 0 Å². The molecule has 0 N–H and O–H groups in total. The fraction of sp³-hybridized carbons (Fsp3) is 0.632. The van der Waals surface area contributed by atoms with E-state index in [9.17, 15) is 9.59 Å². The summed E-state index contributed by atoms with van der Waals surface area (Å²) in [5.41, 5.74) is 1.25. The Bertz CT molecular complexity index is 610. The molecule has 3 rings (SSSR count). The Hall–Kier alpha value is -1.99. The van der Waals surface area contributed by atoms with Gasteiger partial charge in [0.1, 0.15) is 0 Å². The van der Waals surface area contributed by atoms with Gasteiger partial charge in [-0.05, 0) is 24.1 Å². The molecule has 0 aromatic carbocycles. The van der Waals surface area contributed by atoms with Crippen LogP contribution in [0.15, 0.2) is 24.5 Å². The molecule has 0 aliphatic carbocycles. The molecule has 2 aliphatic heterocycles. The molecule has 2 saturated heterocycles. The minimum Gasteiger partial charge on any atom is -0.383 e. The van der Waals surface area contributed by atoms with Gasteiger partial charge in [-0.2, -0.15) is 0 Å². The van der Waals surface area contributed by atoms with Gasteiger partial charge in [0.2, 0.25) is 11.8 Å².